The molecule has 2 aliphatic rings. The van der Waals surface area contributed by atoms with Crippen molar-refractivity contribution >= 4 is 0 Å². The molecule has 2 fully saturated rings. The summed E-state index contributed by atoms with van der Waals surface area (Å²) in [6.07, 6.45) is 5.52. The molecule has 0 aromatic rings. The normalized spacial score (nSPS) is 35.4. The Balaban J connectivity index is 2.07. The molecule has 0 bridgehead atoms. The van der Waals surface area contributed by atoms with E-state index in [-0.39, 0.29) is 0 Å². The van der Waals surface area contributed by atoms with Crippen LogP contribution in [-0.2, 0) is 0 Å². The number of hydrogen-bond donors (Lipinski definition) is 1. The van der Waals surface area contributed by atoms with Gasteiger partial charge in [0, 0.05) is 24.2 Å². The standard InChI is InChI=1S/C12H24N2/c1-12(2,3)14-9-7-10-11(14)6-4-5-8-13-10/h10-11,13H,4-9H2,1-3H3. The van der Waals surface area contributed by atoms with Crippen molar-refractivity contribution in [2.24, 2.45) is 0 Å². The molecule has 2 saturated heterocycles. The van der Waals surface area contributed by atoms with Gasteiger partial charge in [0.15, 0.2) is 0 Å². The zero-order valence-electron chi connectivity index (χ0n) is 9.84. The molecule has 2 heterocycles. The zero-order chi connectivity index (χ0) is 10.2. The van der Waals surface area contributed by atoms with Crippen LogP contribution in [0.3, 0.4) is 0 Å². The minimum atomic E-state index is 0.353. The Kier molecular flexibility index (Phi) is 2.85. The van der Waals surface area contributed by atoms with Gasteiger partial charge in [0.1, 0.15) is 0 Å². The molecule has 0 aromatic carbocycles. The Labute approximate surface area is 88.1 Å². The molecule has 1 N–H and O–H groups in total. The van der Waals surface area contributed by atoms with E-state index >= 15 is 0 Å². The van der Waals surface area contributed by atoms with Crippen LogP contribution in [0.2, 0.25) is 0 Å². The van der Waals surface area contributed by atoms with E-state index in [2.05, 4.69) is 31.0 Å². The summed E-state index contributed by atoms with van der Waals surface area (Å²) in [5.74, 6) is 0. The summed E-state index contributed by atoms with van der Waals surface area (Å²) >= 11 is 0. The second kappa shape index (κ2) is 3.82. The van der Waals surface area contributed by atoms with Crippen LogP contribution in [0.1, 0.15) is 46.5 Å². The molecule has 0 aliphatic carbocycles. The summed E-state index contributed by atoms with van der Waals surface area (Å²) in [7, 11) is 0. The van der Waals surface area contributed by atoms with E-state index in [4.69, 9.17) is 0 Å². The van der Waals surface area contributed by atoms with Crippen LogP contribution in [-0.4, -0.2) is 35.6 Å². The van der Waals surface area contributed by atoms with Gasteiger partial charge < -0.3 is 5.32 Å². The molecule has 2 nitrogen and oxygen atoms in total. The van der Waals surface area contributed by atoms with Gasteiger partial charge >= 0.3 is 0 Å². The molecular formula is C12H24N2. The third-order valence-corrected chi connectivity index (χ3v) is 3.74. The average molecular weight is 196 g/mol. The largest absolute Gasteiger partial charge is 0.312 e. The van der Waals surface area contributed by atoms with E-state index in [0.29, 0.717) is 5.54 Å². The van der Waals surface area contributed by atoms with E-state index in [1.807, 2.05) is 0 Å². The summed E-state index contributed by atoms with van der Waals surface area (Å²) in [5.41, 5.74) is 0.353. The first-order valence-corrected chi connectivity index (χ1v) is 6.09. The topological polar surface area (TPSA) is 15.3 Å². The second-order valence-electron chi connectivity index (χ2n) is 5.78. The molecule has 0 spiro atoms. The number of fused-ring (bicyclic) bond motifs is 1. The lowest BCUT2D eigenvalue weighted by atomic mass is 10.00. The molecule has 0 radical (unpaired) electrons. The molecule has 82 valence electrons. The van der Waals surface area contributed by atoms with Crippen molar-refractivity contribution in [3.63, 3.8) is 0 Å². The van der Waals surface area contributed by atoms with Crippen molar-refractivity contribution in [2.75, 3.05) is 13.1 Å². The van der Waals surface area contributed by atoms with Crippen LogP contribution in [0.15, 0.2) is 0 Å². The maximum absolute atomic E-state index is 3.70. The van der Waals surface area contributed by atoms with E-state index < -0.39 is 0 Å². The predicted molar refractivity (Wildman–Crippen MR) is 60.5 cm³/mol. The summed E-state index contributed by atoms with van der Waals surface area (Å²) < 4.78 is 0. The summed E-state index contributed by atoms with van der Waals surface area (Å²) in [6.45, 7) is 9.56. The predicted octanol–water partition coefficient (Wildman–Crippen LogP) is 2.00. The fourth-order valence-corrected chi connectivity index (χ4v) is 3.05. The van der Waals surface area contributed by atoms with Crippen molar-refractivity contribution in [2.45, 2.75) is 64.1 Å². The van der Waals surface area contributed by atoms with Crippen molar-refractivity contribution in [1.29, 1.82) is 0 Å². The fraction of sp³-hybridized carbons (Fsp3) is 1.00. The number of nitrogens with one attached hydrogen (secondary N) is 1. The van der Waals surface area contributed by atoms with Crippen molar-refractivity contribution in [1.82, 2.24) is 10.2 Å². The summed E-state index contributed by atoms with van der Waals surface area (Å²) in [4.78, 5) is 2.70. The van der Waals surface area contributed by atoms with Gasteiger partial charge in [0.2, 0.25) is 0 Å². The minimum absolute atomic E-state index is 0.353. The van der Waals surface area contributed by atoms with Crippen LogP contribution in [0, 0.1) is 0 Å². The highest BCUT2D eigenvalue weighted by molar-refractivity contribution is 4.97. The van der Waals surface area contributed by atoms with E-state index in [9.17, 15) is 0 Å². The number of likely N-dealkylation sites (tertiary alicyclic amines) is 1. The van der Waals surface area contributed by atoms with Gasteiger partial charge in [-0.05, 0) is 46.6 Å². The van der Waals surface area contributed by atoms with E-state index in [0.717, 1.165) is 12.1 Å². The van der Waals surface area contributed by atoms with Crippen LogP contribution in [0.25, 0.3) is 0 Å². The lowest BCUT2D eigenvalue weighted by molar-refractivity contribution is 0.110. The number of hydrogen-bond acceptors (Lipinski definition) is 2. The lowest BCUT2D eigenvalue weighted by Crippen LogP contribution is -2.49. The monoisotopic (exact) mass is 196 g/mol. The Bertz CT molecular complexity index is 195. The Hall–Kier alpha value is -0.0800. The van der Waals surface area contributed by atoms with Crippen LogP contribution < -0.4 is 5.32 Å². The van der Waals surface area contributed by atoms with E-state index in [1.54, 1.807) is 0 Å². The van der Waals surface area contributed by atoms with E-state index in [1.165, 1.54) is 38.8 Å². The molecule has 0 amide bonds. The van der Waals surface area contributed by atoms with Crippen molar-refractivity contribution in [3.05, 3.63) is 0 Å². The van der Waals surface area contributed by atoms with Gasteiger partial charge in [0.25, 0.3) is 0 Å². The van der Waals surface area contributed by atoms with Crippen LogP contribution in [0.5, 0.6) is 0 Å². The Morgan fingerprint density at radius 1 is 1.14 bits per heavy atom. The van der Waals surface area contributed by atoms with Gasteiger partial charge in [0.05, 0.1) is 0 Å². The first-order chi connectivity index (χ1) is 6.59. The molecule has 2 aliphatic heterocycles. The first-order valence-electron chi connectivity index (χ1n) is 6.09. The van der Waals surface area contributed by atoms with Gasteiger partial charge in [-0.1, -0.05) is 6.42 Å². The fourth-order valence-electron chi connectivity index (χ4n) is 3.05. The highest BCUT2D eigenvalue weighted by Crippen LogP contribution is 2.30. The van der Waals surface area contributed by atoms with Crippen molar-refractivity contribution < 1.29 is 0 Å². The molecule has 0 aromatic heterocycles. The molecule has 14 heavy (non-hydrogen) atoms. The third-order valence-electron chi connectivity index (χ3n) is 3.74. The Morgan fingerprint density at radius 3 is 2.64 bits per heavy atom. The Morgan fingerprint density at radius 2 is 1.93 bits per heavy atom. The minimum Gasteiger partial charge on any atom is -0.312 e. The SMILES string of the molecule is CC(C)(C)N1CCC2NCCCCC21. The smallest absolute Gasteiger partial charge is 0.0255 e. The van der Waals surface area contributed by atoms with Gasteiger partial charge in [-0.3, -0.25) is 4.90 Å². The van der Waals surface area contributed by atoms with Gasteiger partial charge in [-0.2, -0.15) is 0 Å². The molecular weight excluding hydrogens is 172 g/mol. The van der Waals surface area contributed by atoms with Gasteiger partial charge in [-0.25, -0.2) is 0 Å². The maximum Gasteiger partial charge on any atom is 0.0255 e. The quantitative estimate of drug-likeness (QED) is 0.637. The molecule has 2 unspecified atom stereocenters. The average Bonchev–Trinajstić information content (AvgIpc) is 2.36. The third kappa shape index (κ3) is 1.96. The second-order valence-corrected chi connectivity index (χ2v) is 5.78. The van der Waals surface area contributed by atoms with Crippen LogP contribution in [0.4, 0.5) is 0 Å². The van der Waals surface area contributed by atoms with Gasteiger partial charge in [-0.15, -0.1) is 0 Å². The molecule has 2 heteroatoms. The number of nitrogens with zero attached hydrogens (tertiary/aromatic N) is 1. The summed E-state index contributed by atoms with van der Waals surface area (Å²) in [5, 5.41) is 3.70. The summed E-state index contributed by atoms with van der Waals surface area (Å²) in [6, 6.07) is 1.58. The zero-order valence-corrected chi connectivity index (χ0v) is 9.84. The molecule has 2 rings (SSSR count). The highest BCUT2D eigenvalue weighted by atomic mass is 15.3. The highest BCUT2D eigenvalue weighted by Gasteiger charge is 2.39. The lowest BCUT2D eigenvalue weighted by Gasteiger charge is -2.38. The van der Waals surface area contributed by atoms with Crippen LogP contribution >= 0.6 is 0 Å². The number of rotatable bonds is 0. The van der Waals surface area contributed by atoms with Crippen molar-refractivity contribution in [3.8, 4) is 0 Å². The maximum atomic E-state index is 3.70. The molecule has 0 saturated carbocycles. The first kappa shape index (κ1) is 10.4. The molecule has 2 atom stereocenters.